The van der Waals surface area contributed by atoms with E-state index < -0.39 is 0 Å². The Bertz CT molecular complexity index is 654. The lowest BCUT2D eigenvalue weighted by molar-refractivity contribution is -0.126. The van der Waals surface area contributed by atoms with Crippen LogP contribution in [0.2, 0.25) is 0 Å². The summed E-state index contributed by atoms with van der Waals surface area (Å²) in [6.45, 7) is 6.12. The molecule has 25 heavy (non-hydrogen) atoms. The van der Waals surface area contributed by atoms with Crippen LogP contribution in [0.4, 0.5) is 14.9 Å². The highest BCUT2D eigenvalue weighted by molar-refractivity contribution is 5.90. The average molecular weight is 348 g/mol. The molecule has 1 aromatic rings. The van der Waals surface area contributed by atoms with Crippen molar-refractivity contribution in [2.24, 2.45) is 0 Å². The third kappa shape index (κ3) is 4.48. The number of urea groups is 1. The highest BCUT2D eigenvalue weighted by atomic mass is 19.1. The fourth-order valence-electron chi connectivity index (χ4n) is 2.99. The van der Waals surface area contributed by atoms with E-state index in [4.69, 9.17) is 0 Å². The average Bonchev–Trinajstić information content (AvgIpc) is 3.40. The maximum absolute atomic E-state index is 13.1. The number of piperazine rings is 1. The second-order valence-electron chi connectivity index (χ2n) is 6.87. The smallest absolute Gasteiger partial charge is 0.321 e. The quantitative estimate of drug-likeness (QED) is 0.874. The first-order valence-corrected chi connectivity index (χ1v) is 8.80. The van der Waals surface area contributed by atoms with Crippen LogP contribution in [0.3, 0.4) is 0 Å². The Morgan fingerprint density at radius 2 is 1.88 bits per heavy atom. The van der Waals surface area contributed by atoms with Crippen LogP contribution < -0.4 is 10.6 Å². The Labute approximate surface area is 147 Å². The number of hydrogen-bond donors (Lipinski definition) is 2. The number of rotatable bonds is 4. The molecule has 0 bridgehead atoms. The lowest BCUT2D eigenvalue weighted by Gasteiger charge is -2.37. The number of nitrogens with zero attached hydrogens (tertiary/aromatic N) is 2. The summed E-state index contributed by atoms with van der Waals surface area (Å²) < 4.78 is 13.1. The number of carbonyl (C=O) groups excluding carboxylic acids is 2. The number of carbonyl (C=O) groups is 2. The van der Waals surface area contributed by atoms with Crippen LogP contribution in [0.1, 0.15) is 25.3 Å². The van der Waals surface area contributed by atoms with Gasteiger partial charge in [-0.3, -0.25) is 9.69 Å². The normalized spacial score (nSPS) is 19.4. The molecule has 2 N–H and O–H groups in total. The van der Waals surface area contributed by atoms with E-state index in [1.807, 2.05) is 6.92 Å². The summed E-state index contributed by atoms with van der Waals surface area (Å²) in [7, 11) is 0. The summed E-state index contributed by atoms with van der Waals surface area (Å²) in [5, 5.41) is 5.86. The van der Waals surface area contributed by atoms with Crippen LogP contribution in [0.15, 0.2) is 18.2 Å². The van der Waals surface area contributed by atoms with Gasteiger partial charge in [-0.15, -0.1) is 0 Å². The van der Waals surface area contributed by atoms with Gasteiger partial charge in [0, 0.05) is 37.9 Å². The van der Waals surface area contributed by atoms with Crippen LogP contribution >= 0.6 is 0 Å². The molecular weight excluding hydrogens is 323 g/mol. The number of anilines is 1. The van der Waals surface area contributed by atoms with Crippen molar-refractivity contribution in [3.63, 3.8) is 0 Å². The minimum Gasteiger partial charge on any atom is -0.352 e. The van der Waals surface area contributed by atoms with Crippen molar-refractivity contribution < 1.29 is 14.0 Å². The number of nitrogens with one attached hydrogen (secondary N) is 2. The third-order valence-electron chi connectivity index (χ3n) is 4.88. The first kappa shape index (κ1) is 17.7. The number of halogens is 1. The molecule has 7 heteroatoms. The van der Waals surface area contributed by atoms with Gasteiger partial charge in [-0.2, -0.15) is 0 Å². The van der Waals surface area contributed by atoms with Crippen LogP contribution in [0.25, 0.3) is 0 Å². The lowest BCUT2D eigenvalue weighted by Crippen LogP contribution is -2.55. The maximum atomic E-state index is 13.1. The highest BCUT2D eigenvalue weighted by Gasteiger charge is 2.30. The molecule has 6 nitrogen and oxygen atoms in total. The summed E-state index contributed by atoms with van der Waals surface area (Å²) >= 11 is 0. The summed E-state index contributed by atoms with van der Waals surface area (Å²) in [6.07, 6.45) is 2.16. The molecule has 2 fully saturated rings. The van der Waals surface area contributed by atoms with Crippen LogP contribution in [-0.2, 0) is 4.79 Å². The molecule has 1 saturated heterocycles. The van der Waals surface area contributed by atoms with Gasteiger partial charge in [0.25, 0.3) is 0 Å². The zero-order chi connectivity index (χ0) is 18.0. The van der Waals surface area contributed by atoms with Gasteiger partial charge in [0.1, 0.15) is 5.82 Å². The fraction of sp³-hybridized carbons (Fsp3) is 0.556. The molecule has 1 atom stereocenters. The maximum Gasteiger partial charge on any atom is 0.321 e. The number of hydrogen-bond acceptors (Lipinski definition) is 3. The van der Waals surface area contributed by atoms with E-state index in [9.17, 15) is 14.0 Å². The van der Waals surface area contributed by atoms with Gasteiger partial charge in [0.2, 0.25) is 5.91 Å². The molecule has 1 saturated carbocycles. The van der Waals surface area contributed by atoms with Crippen LogP contribution in [-0.4, -0.2) is 60.0 Å². The van der Waals surface area contributed by atoms with E-state index >= 15 is 0 Å². The van der Waals surface area contributed by atoms with Gasteiger partial charge >= 0.3 is 6.03 Å². The van der Waals surface area contributed by atoms with E-state index in [2.05, 4.69) is 15.5 Å². The molecular formula is C18H25FN4O2. The molecule has 0 aromatic heterocycles. The largest absolute Gasteiger partial charge is 0.352 e. The van der Waals surface area contributed by atoms with Gasteiger partial charge in [-0.05, 0) is 50.5 Å². The van der Waals surface area contributed by atoms with Crippen LogP contribution in [0.5, 0.6) is 0 Å². The van der Waals surface area contributed by atoms with Gasteiger partial charge < -0.3 is 15.5 Å². The lowest BCUT2D eigenvalue weighted by atomic mass is 10.2. The molecule has 0 unspecified atom stereocenters. The van der Waals surface area contributed by atoms with Crippen molar-refractivity contribution in [3.8, 4) is 0 Å². The molecule has 3 amide bonds. The number of amides is 3. The zero-order valence-electron chi connectivity index (χ0n) is 14.7. The van der Waals surface area contributed by atoms with Gasteiger partial charge in [-0.1, -0.05) is 0 Å². The summed E-state index contributed by atoms with van der Waals surface area (Å²) in [5.41, 5.74) is 1.31. The van der Waals surface area contributed by atoms with E-state index in [-0.39, 0.29) is 23.8 Å². The molecule has 0 radical (unpaired) electrons. The van der Waals surface area contributed by atoms with E-state index in [1.165, 1.54) is 12.1 Å². The van der Waals surface area contributed by atoms with Gasteiger partial charge in [-0.25, -0.2) is 9.18 Å². The predicted octanol–water partition coefficient (Wildman–Crippen LogP) is 1.95. The van der Waals surface area contributed by atoms with Gasteiger partial charge in [0.05, 0.1) is 6.04 Å². The molecule has 136 valence electrons. The Morgan fingerprint density at radius 1 is 1.20 bits per heavy atom. The molecule has 1 aliphatic heterocycles. The van der Waals surface area contributed by atoms with Crippen molar-refractivity contribution in [2.45, 2.75) is 38.8 Å². The third-order valence-corrected chi connectivity index (χ3v) is 4.88. The monoisotopic (exact) mass is 348 g/mol. The molecule has 0 spiro atoms. The zero-order valence-corrected chi connectivity index (χ0v) is 14.7. The topological polar surface area (TPSA) is 64.7 Å². The Balaban J connectivity index is 1.49. The Kier molecular flexibility index (Phi) is 5.22. The summed E-state index contributed by atoms with van der Waals surface area (Å²) in [5.74, 6) is -0.245. The summed E-state index contributed by atoms with van der Waals surface area (Å²) in [4.78, 5) is 28.4. The predicted molar refractivity (Wildman–Crippen MR) is 93.9 cm³/mol. The Hall–Kier alpha value is -2.15. The SMILES string of the molecule is Cc1cc(F)ccc1NC(=O)N1CCN([C@H](C)C(=O)NC2CC2)CC1. The highest BCUT2D eigenvalue weighted by Crippen LogP contribution is 2.20. The molecule has 3 rings (SSSR count). The molecule has 2 aliphatic rings. The van der Waals surface area contributed by atoms with Crippen molar-refractivity contribution >= 4 is 17.6 Å². The van der Waals surface area contributed by atoms with Crippen LogP contribution in [0, 0.1) is 12.7 Å². The van der Waals surface area contributed by atoms with E-state index in [0.29, 0.717) is 43.5 Å². The van der Waals surface area contributed by atoms with Gasteiger partial charge in [0.15, 0.2) is 0 Å². The number of benzene rings is 1. The molecule has 1 aliphatic carbocycles. The van der Waals surface area contributed by atoms with E-state index in [0.717, 1.165) is 12.8 Å². The summed E-state index contributed by atoms with van der Waals surface area (Å²) in [6, 6.07) is 4.30. The molecule has 1 heterocycles. The standard InChI is InChI=1S/C18H25FN4O2/c1-12-11-14(19)3-6-16(12)21-18(25)23-9-7-22(8-10-23)13(2)17(24)20-15-4-5-15/h3,6,11,13,15H,4-5,7-10H2,1-2H3,(H,20,24)(H,21,25)/t13-/m1/s1. The van der Waals surface area contributed by atoms with Crippen molar-refractivity contribution in [1.82, 2.24) is 15.1 Å². The Morgan fingerprint density at radius 3 is 2.48 bits per heavy atom. The van der Waals surface area contributed by atoms with Crippen molar-refractivity contribution in [2.75, 3.05) is 31.5 Å². The minimum atomic E-state index is -0.317. The second kappa shape index (κ2) is 7.39. The first-order valence-electron chi connectivity index (χ1n) is 8.80. The van der Waals surface area contributed by atoms with E-state index in [1.54, 1.807) is 17.9 Å². The van der Waals surface area contributed by atoms with Crippen molar-refractivity contribution in [3.05, 3.63) is 29.6 Å². The fourth-order valence-corrected chi connectivity index (χ4v) is 2.99. The number of aryl methyl sites for hydroxylation is 1. The minimum absolute atomic E-state index is 0.0716. The first-order chi connectivity index (χ1) is 11.9. The van der Waals surface area contributed by atoms with Crippen molar-refractivity contribution in [1.29, 1.82) is 0 Å². The molecule has 1 aromatic carbocycles. The second-order valence-corrected chi connectivity index (χ2v) is 6.87.